The molecule has 2 fully saturated rings. The first-order valence-electron chi connectivity index (χ1n) is 6.49. The van der Waals surface area contributed by atoms with Crippen molar-refractivity contribution in [3.63, 3.8) is 0 Å². The summed E-state index contributed by atoms with van der Waals surface area (Å²) >= 11 is 0. The van der Waals surface area contributed by atoms with Crippen LogP contribution in [0.3, 0.4) is 0 Å². The molecule has 20 heavy (non-hydrogen) atoms. The zero-order chi connectivity index (χ0) is 14.4. The predicted octanol–water partition coefficient (Wildman–Crippen LogP) is 0.521. The van der Waals surface area contributed by atoms with Crippen molar-refractivity contribution in [1.82, 2.24) is 4.90 Å². The fourth-order valence-corrected chi connectivity index (χ4v) is 2.53. The van der Waals surface area contributed by atoms with Crippen molar-refractivity contribution >= 4 is 29.1 Å². The zero-order valence-corrected chi connectivity index (χ0v) is 11.1. The van der Waals surface area contributed by atoms with E-state index in [9.17, 15) is 14.4 Å². The molecule has 3 rings (SSSR count). The third kappa shape index (κ3) is 1.93. The second-order valence-corrected chi connectivity index (χ2v) is 5.28. The summed E-state index contributed by atoms with van der Waals surface area (Å²) in [6.07, 6.45) is 0.643. The Labute approximate surface area is 115 Å². The van der Waals surface area contributed by atoms with Crippen LogP contribution in [0.25, 0.3) is 0 Å². The Morgan fingerprint density at radius 3 is 2.65 bits per heavy atom. The lowest BCUT2D eigenvalue weighted by molar-refractivity contribution is -0.143. The number of nitrogen functional groups attached to an aromatic ring is 1. The Morgan fingerprint density at radius 1 is 1.35 bits per heavy atom. The van der Waals surface area contributed by atoms with Crippen LogP contribution in [0.5, 0.6) is 0 Å². The Bertz CT molecular complexity index is 606. The largest absolute Gasteiger partial charge is 0.398 e. The van der Waals surface area contributed by atoms with Gasteiger partial charge in [-0.3, -0.25) is 19.3 Å². The Hall–Kier alpha value is -2.37. The minimum Gasteiger partial charge on any atom is -0.398 e. The van der Waals surface area contributed by atoms with Gasteiger partial charge in [0.2, 0.25) is 17.7 Å². The maximum atomic E-state index is 11.9. The number of hydrogen-bond donors (Lipinski definition) is 2. The van der Waals surface area contributed by atoms with Crippen LogP contribution in [0.1, 0.15) is 12.0 Å². The van der Waals surface area contributed by atoms with Crippen LogP contribution in [-0.2, 0) is 14.4 Å². The standard InChI is InChI=1S/C14H15N3O3/c1-7-10(15)3-2-4-11(7)16-12(18)6-17-13(19)8-5-9(8)14(17)20/h2-4,8-9H,5-6,15H2,1H3,(H,16,18). The number of rotatable bonds is 3. The van der Waals surface area contributed by atoms with E-state index in [1.54, 1.807) is 25.1 Å². The number of benzene rings is 1. The molecule has 2 aliphatic rings. The number of anilines is 2. The summed E-state index contributed by atoms with van der Waals surface area (Å²) in [7, 11) is 0. The molecule has 1 aliphatic heterocycles. The van der Waals surface area contributed by atoms with E-state index in [1.807, 2.05) is 0 Å². The molecule has 0 aromatic heterocycles. The number of piperidine rings is 1. The average molecular weight is 273 g/mol. The van der Waals surface area contributed by atoms with Crippen LogP contribution in [0, 0.1) is 18.8 Å². The van der Waals surface area contributed by atoms with Gasteiger partial charge >= 0.3 is 0 Å². The fourth-order valence-electron chi connectivity index (χ4n) is 2.53. The van der Waals surface area contributed by atoms with Gasteiger partial charge in [0.05, 0.1) is 11.8 Å². The maximum absolute atomic E-state index is 11.9. The molecule has 1 heterocycles. The second kappa shape index (κ2) is 4.33. The van der Waals surface area contributed by atoms with Gasteiger partial charge in [0, 0.05) is 11.4 Å². The van der Waals surface area contributed by atoms with E-state index >= 15 is 0 Å². The van der Waals surface area contributed by atoms with Gasteiger partial charge in [-0.15, -0.1) is 0 Å². The molecule has 2 atom stereocenters. The first-order chi connectivity index (χ1) is 9.49. The second-order valence-electron chi connectivity index (χ2n) is 5.28. The molecule has 0 spiro atoms. The molecule has 6 heteroatoms. The molecule has 2 unspecified atom stereocenters. The first-order valence-corrected chi connectivity index (χ1v) is 6.49. The summed E-state index contributed by atoms with van der Waals surface area (Å²) in [5.74, 6) is -1.19. The average Bonchev–Trinajstić information content (AvgIpc) is 3.16. The van der Waals surface area contributed by atoms with Crippen molar-refractivity contribution in [2.75, 3.05) is 17.6 Å². The summed E-state index contributed by atoms with van der Waals surface area (Å²) < 4.78 is 0. The molecule has 104 valence electrons. The number of amides is 3. The van der Waals surface area contributed by atoms with Crippen LogP contribution < -0.4 is 11.1 Å². The fraction of sp³-hybridized carbons (Fsp3) is 0.357. The number of carbonyl (C=O) groups excluding carboxylic acids is 3. The highest BCUT2D eigenvalue weighted by Gasteiger charge is 2.59. The van der Waals surface area contributed by atoms with Crippen molar-refractivity contribution in [2.24, 2.45) is 11.8 Å². The number of nitrogens with two attached hydrogens (primary N) is 1. The lowest BCUT2D eigenvalue weighted by atomic mass is 10.1. The van der Waals surface area contributed by atoms with E-state index in [0.717, 1.165) is 10.5 Å². The summed E-state index contributed by atoms with van der Waals surface area (Å²) in [5, 5.41) is 2.68. The van der Waals surface area contributed by atoms with Crippen molar-refractivity contribution in [3.05, 3.63) is 23.8 Å². The Morgan fingerprint density at radius 2 is 2.00 bits per heavy atom. The third-order valence-corrected chi connectivity index (χ3v) is 3.91. The number of imide groups is 1. The van der Waals surface area contributed by atoms with E-state index in [0.29, 0.717) is 17.8 Å². The van der Waals surface area contributed by atoms with Crippen LogP contribution in [0.15, 0.2) is 18.2 Å². The number of likely N-dealkylation sites (tertiary alicyclic amines) is 1. The van der Waals surface area contributed by atoms with Gasteiger partial charge < -0.3 is 11.1 Å². The minimum absolute atomic E-state index is 0.176. The topological polar surface area (TPSA) is 92.5 Å². The smallest absolute Gasteiger partial charge is 0.244 e. The molecule has 1 saturated carbocycles. The maximum Gasteiger partial charge on any atom is 0.244 e. The highest BCUT2D eigenvalue weighted by Crippen LogP contribution is 2.46. The molecule has 3 N–H and O–H groups in total. The molecule has 1 aromatic carbocycles. The number of hydrogen-bond acceptors (Lipinski definition) is 4. The van der Waals surface area contributed by atoms with Gasteiger partial charge in [0.15, 0.2) is 0 Å². The van der Waals surface area contributed by atoms with E-state index in [-0.39, 0.29) is 36.1 Å². The monoisotopic (exact) mass is 273 g/mol. The van der Waals surface area contributed by atoms with Gasteiger partial charge in [-0.2, -0.15) is 0 Å². The van der Waals surface area contributed by atoms with Crippen molar-refractivity contribution in [3.8, 4) is 0 Å². The third-order valence-electron chi connectivity index (χ3n) is 3.91. The SMILES string of the molecule is Cc1c(N)cccc1NC(=O)CN1C(=O)C2CC2C1=O. The summed E-state index contributed by atoms with van der Waals surface area (Å²) in [4.78, 5) is 36.5. The van der Waals surface area contributed by atoms with Crippen molar-refractivity contribution < 1.29 is 14.4 Å². The molecule has 3 amide bonds. The Kier molecular flexibility index (Phi) is 2.74. The lowest BCUT2D eigenvalue weighted by Gasteiger charge is -2.16. The summed E-state index contributed by atoms with van der Waals surface area (Å²) in [6, 6.07) is 5.21. The van der Waals surface area contributed by atoms with Gasteiger partial charge in [-0.1, -0.05) is 6.07 Å². The van der Waals surface area contributed by atoms with Crippen LogP contribution >= 0.6 is 0 Å². The molecule has 1 saturated heterocycles. The quantitative estimate of drug-likeness (QED) is 0.620. The lowest BCUT2D eigenvalue weighted by Crippen LogP contribution is -2.39. The van der Waals surface area contributed by atoms with Gasteiger partial charge in [-0.05, 0) is 31.0 Å². The molecular weight excluding hydrogens is 258 g/mol. The molecule has 1 aromatic rings. The van der Waals surface area contributed by atoms with Crippen molar-refractivity contribution in [2.45, 2.75) is 13.3 Å². The highest BCUT2D eigenvalue weighted by molar-refractivity contribution is 6.11. The van der Waals surface area contributed by atoms with E-state index in [1.165, 1.54) is 0 Å². The number of nitrogens with zero attached hydrogens (tertiary/aromatic N) is 1. The van der Waals surface area contributed by atoms with E-state index in [2.05, 4.69) is 5.32 Å². The van der Waals surface area contributed by atoms with E-state index < -0.39 is 0 Å². The molecule has 0 radical (unpaired) electrons. The normalized spacial score (nSPS) is 23.8. The van der Waals surface area contributed by atoms with Crippen LogP contribution in [0.4, 0.5) is 11.4 Å². The van der Waals surface area contributed by atoms with Gasteiger partial charge in [0.1, 0.15) is 6.54 Å². The van der Waals surface area contributed by atoms with Crippen LogP contribution in [0.2, 0.25) is 0 Å². The molecule has 1 aliphatic carbocycles. The highest BCUT2D eigenvalue weighted by atomic mass is 16.2. The number of nitrogens with one attached hydrogen (secondary N) is 1. The summed E-state index contributed by atoms with van der Waals surface area (Å²) in [5.41, 5.74) is 7.70. The summed E-state index contributed by atoms with van der Waals surface area (Å²) in [6.45, 7) is 1.57. The van der Waals surface area contributed by atoms with Gasteiger partial charge in [0.25, 0.3) is 0 Å². The van der Waals surface area contributed by atoms with E-state index in [4.69, 9.17) is 5.73 Å². The Balaban J connectivity index is 1.67. The van der Waals surface area contributed by atoms with Crippen LogP contribution in [-0.4, -0.2) is 29.2 Å². The molecule has 6 nitrogen and oxygen atoms in total. The van der Waals surface area contributed by atoms with Gasteiger partial charge in [-0.25, -0.2) is 0 Å². The number of fused-ring (bicyclic) bond motifs is 1. The van der Waals surface area contributed by atoms with Crippen molar-refractivity contribution in [1.29, 1.82) is 0 Å². The zero-order valence-electron chi connectivity index (χ0n) is 11.1. The minimum atomic E-state index is -0.387. The molecular formula is C14H15N3O3. The number of carbonyl (C=O) groups is 3. The predicted molar refractivity (Wildman–Crippen MR) is 72.5 cm³/mol. The first kappa shape index (κ1) is 12.7. The molecule has 0 bridgehead atoms.